The van der Waals surface area contributed by atoms with Crippen LogP contribution in [0.2, 0.25) is 0 Å². The Morgan fingerprint density at radius 2 is 1.78 bits per heavy atom. The molecule has 0 fully saturated rings. The number of unbranched alkanes of at least 4 members (excludes halogenated alkanes) is 1. The maximum atomic E-state index is 5.66. The minimum atomic E-state index is 0.393. The van der Waals surface area contributed by atoms with E-state index >= 15 is 0 Å². The lowest BCUT2D eigenvalue weighted by atomic mass is 10.1. The molecule has 0 aliphatic heterocycles. The van der Waals surface area contributed by atoms with Crippen molar-refractivity contribution in [1.82, 2.24) is 5.32 Å². The fourth-order valence-electron chi connectivity index (χ4n) is 1.83. The van der Waals surface area contributed by atoms with Gasteiger partial charge in [0, 0.05) is 12.1 Å². The van der Waals surface area contributed by atoms with E-state index < -0.39 is 0 Å². The predicted octanol–water partition coefficient (Wildman–Crippen LogP) is 4.31. The summed E-state index contributed by atoms with van der Waals surface area (Å²) < 4.78 is 5.66. The maximum Gasteiger partial charge on any atom is 0.119 e. The monoisotopic (exact) mass is 249 g/mol. The summed E-state index contributed by atoms with van der Waals surface area (Å²) in [6.45, 7) is 9.62. The Morgan fingerprint density at radius 1 is 1.11 bits per heavy atom. The molecule has 0 heterocycles. The van der Waals surface area contributed by atoms with Gasteiger partial charge in [0.05, 0.1) is 6.61 Å². The van der Waals surface area contributed by atoms with E-state index in [1.54, 1.807) is 0 Å². The molecule has 0 unspecified atom stereocenters. The molecule has 0 radical (unpaired) electrons. The second-order valence-corrected chi connectivity index (χ2v) is 4.97. The van der Waals surface area contributed by atoms with Crippen molar-refractivity contribution in [3.63, 3.8) is 0 Å². The first-order chi connectivity index (χ1) is 8.67. The molecule has 1 aromatic carbocycles. The molecule has 1 aromatic rings. The Hall–Kier alpha value is -1.02. The van der Waals surface area contributed by atoms with Gasteiger partial charge in [0.1, 0.15) is 5.75 Å². The van der Waals surface area contributed by atoms with Gasteiger partial charge in [-0.15, -0.1) is 0 Å². The van der Waals surface area contributed by atoms with Gasteiger partial charge < -0.3 is 10.1 Å². The Morgan fingerprint density at radius 3 is 2.33 bits per heavy atom. The van der Waals surface area contributed by atoms with Gasteiger partial charge >= 0.3 is 0 Å². The zero-order valence-corrected chi connectivity index (χ0v) is 12.2. The Bertz CT molecular complexity index is 320. The highest BCUT2D eigenvalue weighted by Crippen LogP contribution is 2.18. The molecule has 0 aliphatic rings. The lowest BCUT2D eigenvalue weighted by molar-refractivity contribution is 0.309. The van der Waals surface area contributed by atoms with E-state index in [1.165, 1.54) is 12.0 Å². The Kier molecular flexibility index (Phi) is 6.81. The van der Waals surface area contributed by atoms with Crippen LogP contribution in [0.25, 0.3) is 0 Å². The zero-order valence-electron chi connectivity index (χ0n) is 12.2. The van der Waals surface area contributed by atoms with E-state index in [4.69, 9.17) is 4.74 Å². The predicted molar refractivity (Wildman–Crippen MR) is 78.1 cm³/mol. The van der Waals surface area contributed by atoms with Crippen LogP contribution in [0.3, 0.4) is 0 Å². The van der Waals surface area contributed by atoms with Gasteiger partial charge in [-0.25, -0.2) is 0 Å². The van der Waals surface area contributed by atoms with Gasteiger partial charge in [-0.3, -0.25) is 0 Å². The third-order valence-corrected chi connectivity index (χ3v) is 3.29. The van der Waals surface area contributed by atoms with Crippen molar-refractivity contribution < 1.29 is 4.74 Å². The molecule has 2 heteroatoms. The van der Waals surface area contributed by atoms with Crippen molar-refractivity contribution in [2.24, 2.45) is 0 Å². The van der Waals surface area contributed by atoms with Gasteiger partial charge in [-0.2, -0.15) is 0 Å². The quantitative estimate of drug-likeness (QED) is 0.693. The highest BCUT2D eigenvalue weighted by molar-refractivity contribution is 5.28. The molecule has 0 saturated carbocycles. The van der Waals surface area contributed by atoms with Gasteiger partial charge in [-0.1, -0.05) is 32.4 Å². The van der Waals surface area contributed by atoms with E-state index in [2.05, 4.69) is 57.3 Å². The largest absolute Gasteiger partial charge is 0.494 e. The van der Waals surface area contributed by atoms with Crippen LogP contribution in [0.15, 0.2) is 24.3 Å². The number of benzene rings is 1. The summed E-state index contributed by atoms with van der Waals surface area (Å²) in [5.74, 6) is 0.975. The number of hydrogen-bond donors (Lipinski definition) is 1. The molecule has 0 aromatic heterocycles. The Balaban J connectivity index is 2.48. The molecule has 0 bridgehead atoms. The smallest absolute Gasteiger partial charge is 0.119 e. The van der Waals surface area contributed by atoms with E-state index in [9.17, 15) is 0 Å². The molecular formula is C16H27NO. The van der Waals surface area contributed by atoms with Crippen molar-refractivity contribution in [2.75, 3.05) is 6.61 Å². The van der Waals surface area contributed by atoms with E-state index in [0.29, 0.717) is 12.1 Å². The van der Waals surface area contributed by atoms with Gasteiger partial charge in [0.25, 0.3) is 0 Å². The average Bonchev–Trinajstić information content (AvgIpc) is 2.39. The maximum absolute atomic E-state index is 5.66. The molecule has 18 heavy (non-hydrogen) atoms. The summed E-state index contributed by atoms with van der Waals surface area (Å²) in [5.41, 5.74) is 1.32. The fraction of sp³-hybridized carbons (Fsp3) is 0.625. The van der Waals surface area contributed by atoms with E-state index in [-0.39, 0.29) is 0 Å². The third-order valence-electron chi connectivity index (χ3n) is 3.29. The minimum absolute atomic E-state index is 0.393. The third kappa shape index (κ3) is 5.09. The molecule has 2 atom stereocenters. The van der Waals surface area contributed by atoms with Crippen molar-refractivity contribution in [1.29, 1.82) is 0 Å². The summed E-state index contributed by atoms with van der Waals surface area (Å²) in [6, 6.07) is 9.40. The number of rotatable bonds is 8. The summed E-state index contributed by atoms with van der Waals surface area (Å²) >= 11 is 0. The van der Waals surface area contributed by atoms with Crippen LogP contribution in [-0.4, -0.2) is 12.6 Å². The van der Waals surface area contributed by atoms with E-state index in [0.717, 1.165) is 25.2 Å². The van der Waals surface area contributed by atoms with Crippen LogP contribution < -0.4 is 10.1 Å². The summed E-state index contributed by atoms with van der Waals surface area (Å²) in [4.78, 5) is 0. The highest BCUT2D eigenvalue weighted by atomic mass is 16.5. The van der Waals surface area contributed by atoms with Gasteiger partial charge in [0.15, 0.2) is 0 Å². The Labute approximate surface area is 112 Å². The second kappa shape index (κ2) is 8.15. The molecule has 0 amide bonds. The minimum Gasteiger partial charge on any atom is -0.494 e. The first-order valence-electron chi connectivity index (χ1n) is 7.16. The van der Waals surface area contributed by atoms with Crippen LogP contribution in [0.4, 0.5) is 0 Å². The van der Waals surface area contributed by atoms with Crippen LogP contribution in [0.1, 0.15) is 58.6 Å². The second-order valence-electron chi connectivity index (χ2n) is 4.97. The topological polar surface area (TPSA) is 21.3 Å². The van der Waals surface area contributed by atoms with Crippen molar-refractivity contribution in [3.05, 3.63) is 29.8 Å². The summed E-state index contributed by atoms with van der Waals surface area (Å²) in [5, 5.41) is 3.58. The molecule has 0 spiro atoms. The first-order valence-corrected chi connectivity index (χ1v) is 7.16. The highest BCUT2D eigenvalue weighted by Gasteiger charge is 2.07. The summed E-state index contributed by atoms with van der Waals surface area (Å²) in [7, 11) is 0. The molecule has 1 rings (SSSR count). The van der Waals surface area contributed by atoms with Gasteiger partial charge in [-0.05, 0) is 44.4 Å². The average molecular weight is 249 g/mol. The normalized spacial score (nSPS) is 14.2. The molecule has 102 valence electrons. The number of hydrogen-bond acceptors (Lipinski definition) is 2. The number of ether oxygens (including phenoxy) is 1. The summed E-state index contributed by atoms with van der Waals surface area (Å²) in [6.07, 6.45) is 3.45. The fourth-order valence-corrected chi connectivity index (χ4v) is 1.83. The molecule has 0 saturated heterocycles. The van der Waals surface area contributed by atoms with Crippen LogP contribution in [0, 0.1) is 0 Å². The lowest BCUT2D eigenvalue weighted by Gasteiger charge is -2.19. The molecule has 0 aliphatic carbocycles. The van der Waals surface area contributed by atoms with Crippen molar-refractivity contribution in [2.45, 2.75) is 59.0 Å². The van der Waals surface area contributed by atoms with Crippen molar-refractivity contribution in [3.8, 4) is 5.75 Å². The standard InChI is InChI=1S/C16H27NO/c1-5-7-12-18-16-10-8-15(9-11-16)14(4)17-13(3)6-2/h8-11,13-14,17H,5-7,12H2,1-4H3/t13-,14-/m0/s1. The molecular weight excluding hydrogens is 222 g/mol. The van der Waals surface area contributed by atoms with Crippen LogP contribution >= 0.6 is 0 Å². The van der Waals surface area contributed by atoms with Gasteiger partial charge in [0.2, 0.25) is 0 Å². The SMILES string of the molecule is CCCCOc1ccc([C@H](C)N[C@@H](C)CC)cc1. The van der Waals surface area contributed by atoms with Crippen LogP contribution in [-0.2, 0) is 0 Å². The first kappa shape index (κ1) is 15.0. The van der Waals surface area contributed by atoms with E-state index in [1.807, 2.05) is 0 Å². The van der Waals surface area contributed by atoms with Crippen molar-refractivity contribution >= 4 is 0 Å². The lowest BCUT2D eigenvalue weighted by Crippen LogP contribution is -2.28. The number of nitrogens with one attached hydrogen (secondary N) is 1. The molecule has 2 nitrogen and oxygen atoms in total. The van der Waals surface area contributed by atoms with Crippen LogP contribution in [0.5, 0.6) is 5.75 Å². The zero-order chi connectivity index (χ0) is 13.4. The molecule has 1 N–H and O–H groups in total.